The standard InChI is InChI=1S/C26H22N2O6/c1-2-33-23-15-18(8-13-22(23)29)14-21-24(30)27-26(32)28(25(21)31)19-9-11-20(12-10-19)34-16-17-6-4-3-5-7-17/h3-15,29H,2,16H2,1H3,(H,27,30,32). The number of ether oxygens (including phenoxy) is 2. The Kier molecular flexibility index (Phi) is 6.59. The third-order valence-electron chi connectivity index (χ3n) is 5.04. The van der Waals surface area contributed by atoms with Crippen molar-refractivity contribution in [3.05, 3.63) is 89.5 Å². The van der Waals surface area contributed by atoms with Crippen molar-refractivity contribution < 1.29 is 29.0 Å². The minimum atomic E-state index is -0.842. The summed E-state index contributed by atoms with van der Waals surface area (Å²) >= 11 is 0. The lowest BCUT2D eigenvalue weighted by Gasteiger charge is -2.26. The van der Waals surface area contributed by atoms with Gasteiger partial charge in [-0.25, -0.2) is 9.69 Å². The van der Waals surface area contributed by atoms with Gasteiger partial charge >= 0.3 is 6.03 Å². The number of carbonyl (C=O) groups is 3. The van der Waals surface area contributed by atoms with E-state index in [0.717, 1.165) is 10.5 Å². The molecule has 8 nitrogen and oxygen atoms in total. The van der Waals surface area contributed by atoms with Crippen LogP contribution in [0, 0.1) is 0 Å². The molecule has 1 fully saturated rings. The van der Waals surface area contributed by atoms with Gasteiger partial charge in [-0.2, -0.15) is 0 Å². The molecule has 1 heterocycles. The van der Waals surface area contributed by atoms with E-state index in [9.17, 15) is 19.5 Å². The maximum Gasteiger partial charge on any atom is 0.335 e. The molecule has 3 aromatic carbocycles. The number of urea groups is 1. The number of phenols is 1. The lowest BCUT2D eigenvalue weighted by molar-refractivity contribution is -0.122. The van der Waals surface area contributed by atoms with Crippen LogP contribution in [0.4, 0.5) is 10.5 Å². The highest BCUT2D eigenvalue weighted by Crippen LogP contribution is 2.29. The van der Waals surface area contributed by atoms with Crippen molar-refractivity contribution in [3.8, 4) is 17.2 Å². The van der Waals surface area contributed by atoms with E-state index in [1.807, 2.05) is 30.3 Å². The van der Waals surface area contributed by atoms with Gasteiger partial charge < -0.3 is 14.6 Å². The number of aromatic hydroxyl groups is 1. The highest BCUT2D eigenvalue weighted by Gasteiger charge is 2.36. The summed E-state index contributed by atoms with van der Waals surface area (Å²) in [6.45, 7) is 2.48. The Morgan fingerprint density at radius 2 is 1.68 bits per heavy atom. The van der Waals surface area contributed by atoms with E-state index in [1.165, 1.54) is 24.3 Å². The van der Waals surface area contributed by atoms with Crippen LogP contribution in [0.2, 0.25) is 0 Å². The van der Waals surface area contributed by atoms with Gasteiger partial charge in [-0.3, -0.25) is 14.9 Å². The maximum atomic E-state index is 13.1. The van der Waals surface area contributed by atoms with Gasteiger partial charge in [0.2, 0.25) is 0 Å². The summed E-state index contributed by atoms with van der Waals surface area (Å²) < 4.78 is 11.1. The van der Waals surface area contributed by atoms with Crippen molar-refractivity contribution in [1.29, 1.82) is 0 Å². The Morgan fingerprint density at radius 1 is 0.941 bits per heavy atom. The van der Waals surface area contributed by atoms with E-state index >= 15 is 0 Å². The number of nitrogens with zero attached hydrogens (tertiary/aromatic N) is 1. The molecular weight excluding hydrogens is 436 g/mol. The van der Waals surface area contributed by atoms with Crippen LogP contribution in [0.25, 0.3) is 6.08 Å². The summed E-state index contributed by atoms with van der Waals surface area (Å²) in [6, 6.07) is 19.7. The Morgan fingerprint density at radius 3 is 2.38 bits per heavy atom. The fourth-order valence-corrected chi connectivity index (χ4v) is 3.38. The zero-order valence-corrected chi connectivity index (χ0v) is 18.4. The van der Waals surface area contributed by atoms with Crippen LogP contribution in [0.3, 0.4) is 0 Å². The van der Waals surface area contributed by atoms with Gasteiger partial charge in [-0.05, 0) is 60.5 Å². The van der Waals surface area contributed by atoms with E-state index in [2.05, 4.69) is 5.32 Å². The molecular formula is C26H22N2O6. The van der Waals surface area contributed by atoms with Crippen LogP contribution in [-0.2, 0) is 16.2 Å². The van der Waals surface area contributed by atoms with Crippen LogP contribution >= 0.6 is 0 Å². The average molecular weight is 458 g/mol. The molecule has 4 amide bonds. The third-order valence-corrected chi connectivity index (χ3v) is 5.04. The number of benzene rings is 3. The first kappa shape index (κ1) is 22.6. The maximum absolute atomic E-state index is 13.1. The fourth-order valence-electron chi connectivity index (χ4n) is 3.38. The molecule has 0 atom stereocenters. The van der Waals surface area contributed by atoms with Crippen LogP contribution in [0.5, 0.6) is 17.2 Å². The van der Waals surface area contributed by atoms with Crippen molar-refractivity contribution in [2.24, 2.45) is 0 Å². The summed E-state index contributed by atoms with van der Waals surface area (Å²) in [6.07, 6.45) is 1.34. The van der Waals surface area contributed by atoms with Crippen LogP contribution in [-0.4, -0.2) is 29.6 Å². The number of anilines is 1. The van der Waals surface area contributed by atoms with E-state index in [1.54, 1.807) is 31.2 Å². The van der Waals surface area contributed by atoms with Crippen molar-refractivity contribution in [2.75, 3.05) is 11.5 Å². The first-order valence-corrected chi connectivity index (χ1v) is 10.6. The van der Waals surface area contributed by atoms with Gasteiger partial charge in [0.25, 0.3) is 11.8 Å². The van der Waals surface area contributed by atoms with Gasteiger partial charge in [0.05, 0.1) is 12.3 Å². The number of phenolic OH excluding ortho intramolecular Hbond substituents is 1. The molecule has 0 unspecified atom stereocenters. The van der Waals surface area contributed by atoms with E-state index in [4.69, 9.17) is 9.47 Å². The molecule has 0 aliphatic carbocycles. The molecule has 1 aliphatic heterocycles. The van der Waals surface area contributed by atoms with E-state index in [-0.39, 0.29) is 22.8 Å². The smallest absolute Gasteiger partial charge is 0.335 e. The highest BCUT2D eigenvalue weighted by atomic mass is 16.5. The molecule has 4 rings (SSSR count). The topological polar surface area (TPSA) is 105 Å². The molecule has 0 saturated carbocycles. The number of carbonyl (C=O) groups excluding carboxylic acids is 3. The normalized spacial score (nSPS) is 14.8. The zero-order valence-electron chi connectivity index (χ0n) is 18.4. The molecule has 0 spiro atoms. The second-order valence-corrected chi connectivity index (χ2v) is 7.39. The Hall–Kier alpha value is -4.59. The predicted molar refractivity (Wildman–Crippen MR) is 125 cm³/mol. The molecule has 2 N–H and O–H groups in total. The number of amides is 4. The van der Waals surface area contributed by atoms with Crippen LogP contribution in [0.1, 0.15) is 18.1 Å². The lowest BCUT2D eigenvalue weighted by atomic mass is 10.1. The Bertz CT molecular complexity index is 1250. The Balaban J connectivity index is 1.55. The van der Waals surface area contributed by atoms with E-state index < -0.39 is 17.8 Å². The number of barbiturate groups is 1. The van der Waals surface area contributed by atoms with Gasteiger partial charge in [0.1, 0.15) is 17.9 Å². The van der Waals surface area contributed by atoms with Crippen LogP contribution in [0.15, 0.2) is 78.4 Å². The quantitative estimate of drug-likeness (QED) is 0.409. The summed E-state index contributed by atoms with van der Waals surface area (Å²) in [5, 5.41) is 12.1. The molecule has 0 bridgehead atoms. The minimum absolute atomic E-state index is 0.0604. The van der Waals surface area contributed by atoms with Gasteiger partial charge in [-0.15, -0.1) is 0 Å². The summed E-state index contributed by atoms with van der Waals surface area (Å²) in [4.78, 5) is 38.8. The summed E-state index contributed by atoms with van der Waals surface area (Å²) in [7, 11) is 0. The Labute approximate surface area is 196 Å². The molecule has 8 heteroatoms. The number of imide groups is 2. The second-order valence-electron chi connectivity index (χ2n) is 7.39. The molecule has 34 heavy (non-hydrogen) atoms. The van der Waals surface area contributed by atoms with Gasteiger partial charge in [0.15, 0.2) is 11.5 Å². The SMILES string of the molecule is CCOc1cc(C=C2C(=O)NC(=O)N(c3ccc(OCc4ccccc4)cc3)C2=O)ccc1O. The summed E-state index contributed by atoms with van der Waals surface area (Å²) in [5.41, 5.74) is 1.52. The van der Waals surface area contributed by atoms with Gasteiger partial charge in [-0.1, -0.05) is 36.4 Å². The number of hydrogen-bond donors (Lipinski definition) is 2. The molecule has 0 radical (unpaired) electrons. The molecule has 1 saturated heterocycles. The minimum Gasteiger partial charge on any atom is -0.504 e. The third kappa shape index (κ3) is 4.91. The fraction of sp³-hybridized carbons (Fsp3) is 0.115. The molecule has 0 aromatic heterocycles. The van der Waals surface area contributed by atoms with Crippen molar-refractivity contribution >= 4 is 29.6 Å². The van der Waals surface area contributed by atoms with E-state index in [0.29, 0.717) is 24.5 Å². The number of rotatable bonds is 7. The largest absolute Gasteiger partial charge is 0.504 e. The predicted octanol–water partition coefficient (Wildman–Crippen LogP) is 4.04. The monoisotopic (exact) mass is 458 g/mol. The van der Waals surface area contributed by atoms with Gasteiger partial charge in [0, 0.05) is 0 Å². The average Bonchev–Trinajstić information content (AvgIpc) is 2.84. The molecule has 1 aliphatic rings. The van der Waals surface area contributed by atoms with Crippen molar-refractivity contribution in [1.82, 2.24) is 5.32 Å². The first-order valence-electron chi connectivity index (χ1n) is 10.6. The lowest BCUT2D eigenvalue weighted by Crippen LogP contribution is -2.54. The summed E-state index contributed by atoms with van der Waals surface area (Å²) in [5.74, 6) is -0.843. The second kappa shape index (κ2) is 9.91. The zero-order chi connectivity index (χ0) is 24.1. The number of nitrogens with one attached hydrogen (secondary N) is 1. The van der Waals surface area contributed by atoms with Crippen molar-refractivity contribution in [3.63, 3.8) is 0 Å². The van der Waals surface area contributed by atoms with Crippen molar-refractivity contribution in [2.45, 2.75) is 13.5 Å². The molecule has 3 aromatic rings. The first-order chi connectivity index (χ1) is 16.5. The highest BCUT2D eigenvalue weighted by molar-refractivity contribution is 6.39. The van der Waals surface area contributed by atoms with Crippen LogP contribution < -0.4 is 19.7 Å². The molecule has 172 valence electrons. The number of hydrogen-bond acceptors (Lipinski definition) is 6.